The van der Waals surface area contributed by atoms with E-state index in [-0.39, 0.29) is 29.7 Å². The van der Waals surface area contributed by atoms with Crippen molar-refractivity contribution in [3.8, 4) is 5.75 Å². The van der Waals surface area contributed by atoms with Crippen LogP contribution >= 0.6 is 0 Å². The molecule has 0 aliphatic carbocycles. The van der Waals surface area contributed by atoms with Gasteiger partial charge in [-0.15, -0.1) is 0 Å². The fraction of sp³-hybridized carbons (Fsp3) is 0.520. The molecule has 0 radical (unpaired) electrons. The van der Waals surface area contributed by atoms with Crippen LogP contribution in [-0.4, -0.2) is 84.1 Å². The number of hydrogen-bond donors (Lipinski definition) is 1. The van der Waals surface area contributed by atoms with Crippen LogP contribution in [-0.2, 0) is 4.74 Å². The number of amides is 2. The number of carbonyl (C=O) groups excluding carboxylic acids is 2. The van der Waals surface area contributed by atoms with Crippen LogP contribution in [0.4, 0.5) is 5.69 Å². The van der Waals surface area contributed by atoms with Gasteiger partial charge in [0, 0.05) is 51.4 Å². The number of likely N-dealkylation sites (N-methyl/N-ethyl adjacent to an activating group) is 1. The molecular weight excluding hydrogens is 434 g/mol. The Morgan fingerprint density at radius 3 is 2.74 bits per heavy atom. The Hall–Kier alpha value is -3.04. The van der Waals surface area contributed by atoms with Gasteiger partial charge in [0.2, 0.25) is 0 Å². The number of anilines is 1. The van der Waals surface area contributed by atoms with E-state index in [2.05, 4.69) is 41.0 Å². The van der Waals surface area contributed by atoms with Crippen molar-refractivity contribution in [3.63, 3.8) is 0 Å². The van der Waals surface area contributed by atoms with Crippen molar-refractivity contribution in [1.82, 2.24) is 19.8 Å². The minimum Gasteiger partial charge on any atom is -0.491 e. The maximum atomic E-state index is 13.4. The Morgan fingerprint density at radius 1 is 1.26 bits per heavy atom. The first kappa shape index (κ1) is 25.6. The van der Waals surface area contributed by atoms with Crippen molar-refractivity contribution < 1.29 is 19.1 Å². The third kappa shape index (κ3) is 6.30. The lowest BCUT2D eigenvalue weighted by Crippen LogP contribution is -2.46. The topological polar surface area (TPSA) is 96.9 Å². The summed E-state index contributed by atoms with van der Waals surface area (Å²) in [5, 5.41) is 2.79. The molecule has 1 N–H and O–H groups in total. The number of carbonyl (C=O) groups is 2. The molecule has 184 valence electrons. The second kappa shape index (κ2) is 11.9. The molecule has 0 bridgehead atoms. The van der Waals surface area contributed by atoms with Crippen molar-refractivity contribution >= 4 is 17.5 Å². The molecule has 2 aromatic rings. The molecule has 0 saturated carbocycles. The van der Waals surface area contributed by atoms with Crippen LogP contribution < -0.4 is 10.1 Å². The van der Waals surface area contributed by atoms with Crippen molar-refractivity contribution in [2.24, 2.45) is 5.92 Å². The summed E-state index contributed by atoms with van der Waals surface area (Å²) in [6, 6.07) is 5.26. The number of ether oxygens (including phenoxy) is 2. The summed E-state index contributed by atoms with van der Waals surface area (Å²) < 4.78 is 11.9. The highest BCUT2D eigenvalue weighted by Gasteiger charge is 2.28. The second-order valence-electron chi connectivity index (χ2n) is 8.85. The number of rotatable bonds is 5. The highest BCUT2D eigenvalue weighted by Crippen LogP contribution is 2.26. The Kier molecular flexibility index (Phi) is 8.95. The molecule has 2 heterocycles. The number of nitrogens with one attached hydrogen (secondary N) is 1. The molecular formula is C25H35N5O4. The number of benzene rings is 1. The quantitative estimate of drug-likeness (QED) is 0.719. The summed E-state index contributed by atoms with van der Waals surface area (Å²) in [6.45, 7) is 9.17. The monoisotopic (exact) mass is 469 g/mol. The van der Waals surface area contributed by atoms with Gasteiger partial charge in [-0.05, 0) is 44.0 Å². The summed E-state index contributed by atoms with van der Waals surface area (Å²) in [5.74, 6) is 0.115. The average molecular weight is 470 g/mol. The number of aromatic nitrogens is 2. The molecule has 9 heteroatoms. The molecule has 1 aliphatic heterocycles. The fourth-order valence-electron chi connectivity index (χ4n) is 4.14. The highest BCUT2D eigenvalue weighted by molar-refractivity contribution is 6.04. The lowest BCUT2D eigenvalue weighted by atomic mass is 10.0. The Morgan fingerprint density at radius 2 is 2.06 bits per heavy atom. The van der Waals surface area contributed by atoms with Crippen molar-refractivity contribution in [3.05, 3.63) is 48.0 Å². The maximum absolute atomic E-state index is 13.4. The van der Waals surface area contributed by atoms with Gasteiger partial charge in [-0.25, -0.2) is 4.98 Å². The molecule has 2 amide bonds. The second-order valence-corrected chi connectivity index (χ2v) is 8.85. The van der Waals surface area contributed by atoms with E-state index in [1.165, 1.54) is 18.6 Å². The van der Waals surface area contributed by atoms with E-state index in [0.29, 0.717) is 30.2 Å². The largest absolute Gasteiger partial charge is 0.491 e. The van der Waals surface area contributed by atoms with Gasteiger partial charge in [0.1, 0.15) is 18.1 Å². The van der Waals surface area contributed by atoms with Gasteiger partial charge in [-0.3, -0.25) is 19.5 Å². The van der Waals surface area contributed by atoms with E-state index in [0.717, 1.165) is 19.5 Å². The van der Waals surface area contributed by atoms with Crippen LogP contribution in [0, 0.1) is 5.92 Å². The number of fused-ring (bicyclic) bond motifs is 1. The zero-order valence-electron chi connectivity index (χ0n) is 20.7. The van der Waals surface area contributed by atoms with Crippen molar-refractivity contribution in [1.29, 1.82) is 0 Å². The first-order chi connectivity index (χ1) is 16.3. The van der Waals surface area contributed by atoms with Gasteiger partial charge in [-0.2, -0.15) is 0 Å². The lowest BCUT2D eigenvalue weighted by Gasteiger charge is -2.35. The predicted molar refractivity (Wildman–Crippen MR) is 130 cm³/mol. The summed E-state index contributed by atoms with van der Waals surface area (Å²) >= 11 is 0. The van der Waals surface area contributed by atoms with Crippen LogP contribution in [0.15, 0.2) is 36.8 Å². The molecule has 0 fully saturated rings. The van der Waals surface area contributed by atoms with E-state index in [9.17, 15) is 9.59 Å². The maximum Gasteiger partial charge on any atom is 0.275 e. The minimum absolute atomic E-state index is 0.108. The number of nitrogens with zero attached hydrogens (tertiary/aromatic N) is 4. The van der Waals surface area contributed by atoms with E-state index < -0.39 is 5.91 Å². The van der Waals surface area contributed by atoms with E-state index in [1.54, 1.807) is 37.3 Å². The van der Waals surface area contributed by atoms with Crippen LogP contribution in [0.1, 0.15) is 48.0 Å². The van der Waals surface area contributed by atoms with Gasteiger partial charge in [0.15, 0.2) is 0 Å². The van der Waals surface area contributed by atoms with Gasteiger partial charge < -0.3 is 19.7 Å². The molecule has 0 unspecified atom stereocenters. The van der Waals surface area contributed by atoms with Crippen molar-refractivity contribution in [2.45, 2.75) is 39.3 Å². The smallest absolute Gasteiger partial charge is 0.275 e. The normalized spacial score (nSPS) is 22.2. The molecule has 1 aliphatic rings. The third-order valence-corrected chi connectivity index (χ3v) is 6.14. The van der Waals surface area contributed by atoms with E-state index >= 15 is 0 Å². The van der Waals surface area contributed by atoms with Gasteiger partial charge in [0.05, 0.1) is 17.9 Å². The zero-order chi connectivity index (χ0) is 24.7. The predicted octanol–water partition coefficient (Wildman–Crippen LogP) is 2.94. The number of hydrogen-bond acceptors (Lipinski definition) is 7. The Balaban J connectivity index is 1.91. The first-order valence-corrected chi connectivity index (χ1v) is 11.7. The summed E-state index contributed by atoms with van der Waals surface area (Å²) in [7, 11) is 3.45. The van der Waals surface area contributed by atoms with Gasteiger partial charge in [-0.1, -0.05) is 13.8 Å². The molecule has 3 rings (SSSR count). The van der Waals surface area contributed by atoms with E-state index in [1.807, 2.05) is 0 Å². The SMILES string of the molecule is CCCN1C[C@@H](C)[C@H](OC)CN(C)C(=O)c2cc(NC(=O)c3cnccn3)ccc2OC[C@@H]1C. The fourth-order valence-corrected chi connectivity index (χ4v) is 4.14. The Bertz CT molecular complexity index is 971. The Labute approximate surface area is 201 Å². The standard InChI is InChI=1S/C25H35N5O4/c1-6-11-30-14-17(2)23(33-5)15-29(4)25(32)20-12-19(7-8-22(20)34-16-18(30)3)28-24(31)21-13-26-9-10-27-21/h7-10,12-13,17-18,23H,6,11,14-16H2,1-5H3,(H,28,31)/t17-,18+,23-/m1/s1. The summed E-state index contributed by atoms with van der Waals surface area (Å²) in [4.78, 5) is 38.0. The van der Waals surface area contributed by atoms with Crippen LogP contribution in [0.3, 0.4) is 0 Å². The average Bonchev–Trinajstić information content (AvgIpc) is 2.85. The molecule has 1 aromatic carbocycles. The molecule has 0 saturated heterocycles. The molecule has 3 atom stereocenters. The zero-order valence-corrected chi connectivity index (χ0v) is 20.7. The lowest BCUT2D eigenvalue weighted by molar-refractivity contribution is 0.0108. The molecule has 0 spiro atoms. The molecule has 34 heavy (non-hydrogen) atoms. The highest BCUT2D eigenvalue weighted by atomic mass is 16.5. The summed E-state index contributed by atoms with van der Waals surface area (Å²) in [5.41, 5.74) is 1.05. The van der Waals surface area contributed by atoms with Gasteiger partial charge >= 0.3 is 0 Å². The van der Waals surface area contributed by atoms with Crippen molar-refractivity contribution in [2.75, 3.05) is 45.7 Å². The summed E-state index contributed by atoms with van der Waals surface area (Å²) in [6.07, 6.45) is 5.28. The van der Waals surface area contributed by atoms with Crippen LogP contribution in [0.25, 0.3) is 0 Å². The van der Waals surface area contributed by atoms with E-state index in [4.69, 9.17) is 9.47 Å². The molecule has 1 aromatic heterocycles. The number of methoxy groups -OCH3 is 1. The van der Waals surface area contributed by atoms with Gasteiger partial charge in [0.25, 0.3) is 11.8 Å². The third-order valence-electron chi connectivity index (χ3n) is 6.14. The first-order valence-electron chi connectivity index (χ1n) is 11.7. The molecule has 9 nitrogen and oxygen atoms in total. The minimum atomic E-state index is -0.403. The van der Waals surface area contributed by atoms with Crippen LogP contribution in [0.2, 0.25) is 0 Å². The van der Waals surface area contributed by atoms with Crippen LogP contribution in [0.5, 0.6) is 5.75 Å².